The molecule has 1 aliphatic heterocycles. The molecule has 0 fully saturated rings. The summed E-state index contributed by atoms with van der Waals surface area (Å²) in [5.41, 5.74) is 0.979. The highest BCUT2D eigenvalue weighted by Crippen LogP contribution is 2.34. The van der Waals surface area contributed by atoms with Crippen molar-refractivity contribution in [3.63, 3.8) is 0 Å². The smallest absolute Gasteiger partial charge is 0.338 e. The zero-order valence-corrected chi connectivity index (χ0v) is 14.8. The van der Waals surface area contributed by atoms with Crippen molar-refractivity contribution >= 4 is 51.0 Å². The lowest BCUT2D eigenvalue weighted by Gasteiger charge is -2.27. The molecule has 1 aromatic rings. The molecule has 0 bridgehead atoms. The van der Waals surface area contributed by atoms with E-state index in [0.717, 1.165) is 14.4 Å². The Bertz CT molecular complexity index is 586. The minimum absolute atomic E-state index is 0.317. The van der Waals surface area contributed by atoms with Crippen LogP contribution in [0.4, 0.5) is 4.79 Å². The van der Waals surface area contributed by atoms with Crippen LogP contribution in [0, 0.1) is 0 Å². The van der Waals surface area contributed by atoms with Gasteiger partial charge in [-0.05, 0) is 41.2 Å². The molecule has 2 amide bonds. The molecule has 0 radical (unpaired) electrons. The maximum absolute atomic E-state index is 12.3. The van der Waals surface area contributed by atoms with Gasteiger partial charge in [0.1, 0.15) is 6.61 Å². The number of thioether (sulfide) groups is 1. The average Bonchev–Trinajstić information content (AvgIpc) is 2.84. The molecule has 1 aliphatic rings. The number of thiophene rings is 1. The lowest BCUT2D eigenvalue weighted by molar-refractivity contribution is -0.138. The summed E-state index contributed by atoms with van der Waals surface area (Å²) in [4.78, 5) is 24.8. The number of hydrogen-bond donors (Lipinski definition) is 2. The number of rotatable bonds is 5. The first-order valence-electron chi connectivity index (χ1n) is 6.22. The fourth-order valence-corrected chi connectivity index (χ4v) is 3.69. The third-order valence-electron chi connectivity index (χ3n) is 2.89. The molecule has 2 rings (SSSR count). The maximum atomic E-state index is 12.3. The SMILES string of the molecule is CSCCOC(=O)C1=C(C)NC(=O)NC1c1ccc(Br)s1. The highest BCUT2D eigenvalue weighted by molar-refractivity contribution is 9.11. The van der Waals surface area contributed by atoms with Crippen LogP contribution in [0.15, 0.2) is 27.2 Å². The van der Waals surface area contributed by atoms with Gasteiger partial charge in [-0.15, -0.1) is 11.3 Å². The minimum Gasteiger partial charge on any atom is -0.461 e. The van der Waals surface area contributed by atoms with Crippen molar-refractivity contribution in [2.24, 2.45) is 0 Å². The van der Waals surface area contributed by atoms with E-state index in [1.807, 2.05) is 18.4 Å². The Balaban J connectivity index is 2.26. The van der Waals surface area contributed by atoms with Crippen molar-refractivity contribution in [3.05, 3.63) is 32.1 Å². The minimum atomic E-state index is -0.475. The molecule has 1 aromatic heterocycles. The van der Waals surface area contributed by atoms with Crippen LogP contribution in [0.3, 0.4) is 0 Å². The Morgan fingerprint density at radius 2 is 2.29 bits per heavy atom. The third-order valence-corrected chi connectivity index (χ3v) is 5.15. The van der Waals surface area contributed by atoms with Gasteiger partial charge in [0.2, 0.25) is 0 Å². The highest BCUT2D eigenvalue weighted by atomic mass is 79.9. The van der Waals surface area contributed by atoms with Crippen LogP contribution in [0.2, 0.25) is 0 Å². The number of hydrogen-bond acceptors (Lipinski definition) is 5. The number of amides is 2. The second-order valence-electron chi connectivity index (χ2n) is 4.34. The Labute approximate surface area is 139 Å². The number of nitrogens with one attached hydrogen (secondary N) is 2. The summed E-state index contributed by atoms with van der Waals surface area (Å²) in [6.45, 7) is 2.06. The van der Waals surface area contributed by atoms with Crippen LogP contribution in [-0.2, 0) is 9.53 Å². The van der Waals surface area contributed by atoms with E-state index < -0.39 is 12.0 Å². The molecule has 0 saturated carbocycles. The molecular formula is C13H15BrN2O3S2. The first-order valence-corrected chi connectivity index (χ1v) is 9.23. The number of allylic oxidation sites excluding steroid dienone is 1. The van der Waals surface area contributed by atoms with Gasteiger partial charge in [0.15, 0.2) is 0 Å². The van der Waals surface area contributed by atoms with Crippen LogP contribution >= 0.6 is 39.0 Å². The second-order valence-corrected chi connectivity index (χ2v) is 7.82. The second kappa shape index (κ2) is 7.33. The van der Waals surface area contributed by atoms with Crippen LogP contribution in [0.1, 0.15) is 17.8 Å². The fraction of sp³-hybridized carbons (Fsp3) is 0.385. The monoisotopic (exact) mass is 390 g/mol. The van der Waals surface area contributed by atoms with E-state index in [1.54, 1.807) is 18.7 Å². The standard InChI is InChI=1S/C13H15BrN2O3S2/c1-7-10(12(17)19-5-6-20-2)11(16-13(18)15-7)8-3-4-9(14)21-8/h3-4,11H,5-6H2,1-2H3,(H2,15,16,18). The van der Waals surface area contributed by atoms with Crippen molar-refractivity contribution in [1.29, 1.82) is 0 Å². The molecular weight excluding hydrogens is 376 g/mol. The molecule has 2 N–H and O–H groups in total. The topological polar surface area (TPSA) is 67.4 Å². The predicted molar refractivity (Wildman–Crippen MR) is 88.5 cm³/mol. The summed E-state index contributed by atoms with van der Waals surface area (Å²) in [6.07, 6.45) is 1.95. The molecule has 0 aromatic carbocycles. The summed E-state index contributed by atoms with van der Waals surface area (Å²) in [6, 6.07) is 2.98. The molecule has 0 spiro atoms. The number of urea groups is 1. The average molecular weight is 391 g/mol. The number of carbonyl (C=O) groups excluding carboxylic acids is 2. The quantitative estimate of drug-likeness (QED) is 0.598. The first-order chi connectivity index (χ1) is 10.0. The van der Waals surface area contributed by atoms with Gasteiger partial charge in [-0.1, -0.05) is 0 Å². The lowest BCUT2D eigenvalue weighted by atomic mass is 10.0. The fourth-order valence-electron chi connectivity index (χ4n) is 1.96. The maximum Gasteiger partial charge on any atom is 0.338 e. The van der Waals surface area contributed by atoms with Crippen molar-refractivity contribution in [2.45, 2.75) is 13.0 Å². The zero-order chi connectivity index (χ0) is 15.4. The van der Waals surface area contributed by atoms with E-state index in [4.69, 9.17) is 4.74 Å². The molecule has 0 saturated heterocycles. The summed E-state index contributed by atoms with van der Waals surface area (Å²) in [5, 5.41) is 5.40. The van der Waals surface area contributed by atoms with Gasteiger partial charge in [0.05, 0.1) is 15.4 Å². The van der Waals surface area contributed by atoms with E-state index in [1.165, 1.54) is 11.3 Å². The summed E-state index contributed by atoms with van der Waals surface area (Å²) in [7, 11) is 0. The molecule has 8 heteroatoms. The van der Waals surface area contributed by atoms with Gasteiger partial charge in [-0.3, -0.25) is 0 Å². The number of esters is 1. The summed E-state index contributed by atoms with van der Waals surface area (Å²) >= 11 is 6.48. The number of ether oxygens (including phenoxy) is 1. The van der Waals surface area contributed by atoms with Gasteiger partial charge < -0.3 is 15.4 Å². The van der Waals surface area contributed by atoms with Gasteiger partial charge in [-0.2, -0.15) is 11.8 Å². The Hall–Kier alpha value is -0.990. The van der Waals surface area contributed by atoms with E-state index in [9.17, 15) is 9.59 Å². The van der Waals surface area contributed by atoms with E-state index in [-0.39, 0.29) is 6.03 Å². The molecule has 1 atom stereocenters. The predicted octanol–water partition coefficient (Wildman–Crippen LogP) is 3.04. The van der Waals surface area contributed by atoms with Crippen molar-refractivity contribution in [1.82, 2.24) is 10.6 Å². The number of carbonyl (C=O) groups is 2. The van der Waals surface area contributed by atoms with Crippen LogP contribution in [0.5, 0.6) is 0 Å². The van der Waals surface area contributed by atoms with Crippen LogP contribution in [0.25, 0.3) is 0 Å². The molecule has 2 heterocycles. The Morgan fingerprint density at radius 3 is 2.90 bits per heavy atom. The van der Waals surface area contributed by atoms with Crippen molar-refractivity contribution in [2.75, 3.05) is 18.6 Å². The largest absolute Gasteiger partial charge is 0.461 e. The lowest BCUT2D eigenvalue weighted by Crippen LogP contribution is -2.45. The van der Waals surface area contributed by atoms with Crippen LogP contribution in [-0.4, -0.2) is 30.6 Å². The Kier molecular flexibility index (Phi) is 5.72. The van der Waals surface area contributed by atoms with E-state index >= 15 is 0 Å². The summed E-state index contributed by atoms with van der Waals surface area (Å²) in [5.74, 6) is 0.344. The van der Waals surface area contributed by atoms with Gasteiger partial charge in [0, 0.05) is 16.3 Å². The van der Waals surface area contributed by atoms with Gasteiger partial charge >= 0.3 is 12.0 Å². The summed E-state index contributed by atoms with van der Waals surface area (Å²) < 4.78 is 6.21. The molecule has 5 nitrogen and oxygen atoms in total. The first kappa shape index (κ1) is 16.4. The van der Waals surface area contributed by atoms with Crippen molar-refractivity contribution in [3.8, 4) is 0 Å². The number of halogens is 1. The van der Waals surface area contributed by atoms with Crippen molar-refractivity contribution < 1.29 is 14.3 Å². The normalized spacial score (nSPS) is 18.2. The van der Waals surface area contributed by atoms with E-state index in [2.05, 4.69) is 26.6 Å². The molecule has 114 valence electrons. The molecule has 0 aliphatic carbocycles. The zero-order valence-electron chi connectivity index (χ0n) is 11.6. The van der Waals surface area contributed by atoms with Crippen LogP contribution < -0.4 is 10.6 Å². The molecule has 21 heavy (non-hydrogen) atoms. The van der Waals surface area contributed by atoms with Gasteiger partial charge in [-0.25, -0.2) is 9.59 Å². The highest BCUT2D eigenvalue weighted by Gasteiger charge is 2.32. The third kappa shape index (κ3) is 4.02. The Morgan fingerprint density at radius 1 is 1.52 bits per heavy atom. The molecule has 1 unspecified atom stereocenters. The van der Waals surface area contributed by atoms with Gasteiger partial charge in [0.25, 0.3) is 0 Å². The van der Waals surface area contributed by atoms with E-state index in [0.29, 0.717) is 17.9 Å².